The van der Waals surface area contributed by atoms with Gasteiger partial charge in [0.15, 0.2) is 11.2 Å². The van der Waals surface area contributed by atoms with Crippen molar-refractivity contribution < 1.29 is 8.83 Å². The summed E-state index contributed by atoms with van der Waals surface area (Å²) in [5.74, 6) is 1.10. The zero-order chi connectivity index (χ0) is 37.0. The summed E-state index contributed by atoms with van der Waals surface area (Å²) in [5, 5.41) is 11.5. The Kier molecular flexibility index (Phi) is 7.66. The lowest BCUT2D eigenvalue weighted by Gasteiger charge is -2.29. The van der Waals surface area contributed by atoms with Crippen LogP contribution in [0.2, 0.25) is 0 Å². The second kappa shape index (κ2) is 13.3. The molecule has 56 heavy (non-hydrogen) atoms. The van der Waals surface area contributed by atoms with Gasteiger partial charge < -0.3 is 19.5 Å². The monoisotopic (exact) mass is 724 g/mol. The lowest BCUT2D eigenvalue weighted by molar-refractivity contribution is 0.470. The molecule has 6 aromatic carbocycles. The topological polar surface area (TPSA) is 75.1 Å². The van der Waals surface area contributed by atoms with Gasteiger partial charge in [-0.25, -0.2) is 4.99 Å². The Labute approximate surface area is 323 Å². The van der Waals surface area contributed by atoms with Gasteiger partial charge in [0.2, 0.25) is 0 Å². The Morgan fingerprint density at radius 3 is 1.88 bits per heavy atom. The summed E-state index contributed by atoms with van der Waals surface area (Å²) in [4.78, 5) is 10.4. The fourth-order valence-electron chi connectivity index (χ4n) is 8.20. The Balaban J connectivity index is 0.990. The molecular formula is C50H36N4O2. The first-order chi connectivity index (χ1) is 27.7. The highest BCUT2D eigenvalue weighted by atomic mass is 16.4. The van der Waals surface area contributed by atoms with E-state index >= 15 is 0 Å². The van der Waals surface area contributed by atoms with Crippen molar-refractivity contribution in [2.45, 2.75) is 18.6 Å². The maximum absolute atomic E-state index is 6.71. The third-order valence-corrected chi connectivity index (χ3v) is 11.1. The third kappa shape index (κ3) is 5.66. The first kappa shape index (κ1) is 32.3. The van der Waals surface area contributed by atoms with E-state index in [4.69, 9.17) is 18.8 Å². The van der Waals surface area contributed by atoms with Crippen LogP contribution in [0.4, 0.5) is 0 Å². The van der Waals surface area contributed by atoms with E-state index in [9.17, 15) is 0 Å². The van der Waals surface area contributed by atoms with Crippen molar-refractivity contribution in [3.05, 3.63) is 204 Å². The van der Waals surface area contributed by atoms with Gasteiger partial charge >= 0.3 is 0 Å². The molecule has 0 bridgehead atoms. The molecule has 3 atom stereocenters. The van der Waals surface area contributed by atoms with Crippen molar-refractivity contribution in [2.75, 3.05) is 0 Å². The van der Waals surface area contributed by atoms with Crippen LogP contribution in [0.15, 0.2) is 195 Å². The zero-order valence-corrected chi connectivity index (χ0v) is 30.4. The van der Waals surface area contributed by atoms with E-state index in [-0.39, 0.29) is 18.1 Å². The molecule has 4 heterocycles. The molecule has 0 saturated heterocycles. The molecule has 0 fully saturated rings. The lowest BCUT2D eigenvalue weighted by Crippen LogP contribution is -2.36. The number of fused-ring (bicyclic) bond motifs is 7. The number of furan rings is 2. The Morgan fingerprint density at radius 2 is 1.20 bits per heavy atom. The number of nitrogens with one attached hydrogen (secondary N) is 2. The molecule has 3 aliphatic rings. The largest absolute Gasteiger partial charge is 0.452 e. The van der Waals surface area contributed by atoms with Crippen LogP contribution in [0.5, 0.6) is 0 Å². The molecule has 8 aromatic rings. The van der Waals surface area contributed by atoms with Gasteiger partial charge in [-0.2, -0.15) is 0 Å². The molecule has 0 radical (unpaired) electrons. The van der Waals surface area contributed by atoms with E-state index in [0.717, 1.165) is 95.5 Å². The quantitative estimate of drug-likeness (QED) is 0.179. The smallest absolute Gasteiger partial charge is 0.178 e. The predicted octanol–water partition coefficient (Wildman–Crippen LogP) is 11.5. The Bertz CT molecular complexity index is 3000. The van der Waals surface area contributed by atoms with Crippen LogP contribution in [0, 0.1) is 5.92 Å². The lowest BCUT2D eigenvalue weighted by atomic mass is 9.94. The average molecular weight is 725 g/mol. The van der Waals surface area contributed by atoms with Gasteiger partial charge in [-0.15, -0.1) is 0 Å². The van der Waals surface area contributed by atoms with Crippen molar-refractivity contribution in [1.29, 1.82) is 0 Å². The fraction of sp³-hybridized carbons (Fsp3) is 0.0800. The minimum atomic E-state index is -0.0849. The Hall–Kier alpha value is -7.18. The number of benzene rings is 6. The number of hydrogen-bond donors (Lipinski definition) is 2. The van der Waals surface area contributed by atoms with Crippen molar-refractivity contribution >= 4 is 66.8 Å². The molecule has 2 aliphatic heterocycles. The highest BCUT2D eigenvalue weighted by molar-refractivity contribution is 6.20. The maximum Gasteiger partial charge on any atom is 0.178 e. The number of hydrogen-bond acceptors (Lipinski definition) is 6. The zero-order valence-electron chi connectivity index (χ0n) is 30.4. The minimum absolute atomic E-state index is 0.0336. The highest BCUT2D eigenvalue weighted by Gasteiger charge is 2.26. The number of rotatable bonds is 6. The van der Waals surface area contributed by atoms with Crippen molar-refractivity contribution in [3.8, 4) is 0 Å². The normalized spacial score (nSPS) is 19.4. The Morgan fingerprint density at radius 1 is 0.571 bits per heavy atom. The molecule has 0 saturated carbocycles. The fourth-order valence-corrected chi connectivity index (χ4v) is 8.20. The molecule has 6 nitrogen and oxygen atoms in total. The number of nitrogens with zero attached hydrogens (tertiary/aromatic N) is 2. The van der Waals surface area contributed by atoms with Crippen LogP contribution in [0.25, 0.3) is 55.3 Å². The molecule has 1 aliphatic carbocycles. The van der Waals surface area contributed by atoms with Crippen molar-refractivity contribution in [1.82, 2.24) is 10.6 Å². The van der Waals surface area contributed by atoms with Crippen molar-refractivity contribution in [3.63, 3.8) is 0 Å². The molecule has 11 rings (SSSR count). The van der Waals surface area contributed by atoms with Crippen LogP contribution in [0.3, 0.4) is 0 Å². The van der Waals surface area contributed by atoms with E-state index in [2.05, 4.69) is 156 Å². The van der Waals surface area contributed by atoms with Gasteiger partial charge in [0.1, 0.15) is 23.2 Å². The van der Waals surface area contributed by atoms with Crippen LogP contribution in [-0.2, 0) is 0 Å². The summed E-state index contributed by atoms with van der Waals surface area (Å²) in [5.41, 5.74) is 11.3. The first-order valence-electron chi connectivity index (χ1n) is 19.2. The molecule has 268 valence electrons. The summed E-state index contributed by atoms with van der Waals surface area (Å²) < 4.78 is 13.4. The molecule has 6 heteroatoms. The third-order valence-electron chi connectivity index (χ3n) is 11.1. The predicted molar refractivity (Wildman–Crippen MR) is 229 cm³/mol. The number of amidine groups is 1. The summed E-state index contributed by atoms with van der Waals surface area (Å²) in [7, 11) is 0. The molecule has 2 aromatic heterocycles. The molecule has 0 amide bonds. The number of aliphatic imine (C=N–C) groups is 2. The van der Waals surface area contributed by atoms with Crippen LogP contribution in [-0.4, -0.2) is 17.7 Å². The summed E-state index contributed by atoms with van der Waals surface area (Å²) in [6.07, 6.45) is 13.9. The van der Waals surface area contributed by atoms with Gasteiger partial charge in [-0.3, -0.25) is 4.99 Å². The summed E-state index contributed by atoms with van der Waals surface area (Å²) >= 11 is 0. The van der Waals surface area contributed by atoms with Gasteiger partial charge in [0, 0.05) is 49.9 Å². The second-order valence-corrected chi connectivity index (χ2v) is 14.6. The van der Waals surface area contributed by atoms with E-state index in [1.165, 1.54) is 5.56 Å². The standard InChI is InChI=1S/C50H36N4O2/c1-5-13-31(14-6-1)41-29-43(53-49(51-41)33-17-9-3-10-18-33)35-21-23-37-39-25-26-40-38-24-22-36(28-46(38)56-48(40)47(39)55-45(37)27-35)44-30-42(32-15-7-2-8-16-32)52-50(54-44)34-19-11-4-12-20-34/h1-19,21-30,34,41,50,52H,20H2,(H,51,53). The molecule has 2 N–H and O–H groups in total. The summed E-state index contributed by atoms with van der Waals surface area (Å²) in [6.45, 7) is 0. The first-order valence-corrected chi connectivity index (χ1v) is 19.2. The minimum Gasteiger partial charge on any atom is -0.452 e. The van der Waals surface area contributed by atoms with E-state index in [1.807, 2.05) is 30.3 Å². The molecule has 0 spiro atoms. The van der Waals surface area contributed by atoms with Gasteiger partial charge in [0.25, 0.3) is 0 Å². The van der Waals surface area contributed by atoms with E-state index < -0.39 is 0 Å². The van der Waals surface area contributed by atoms with Crippen LogP contribution >= 0.6 is 0 Å². The maximum atomic E-state index is 6.71. The molecular weight excluding hydrogens is 689 g/mol. The van der Waals surface area contributed by atoms with Gasteiger partial charge in [-0.05, 0) is 66.1 Å². The van der Waals surface area contributed by atoms with Crippen LogP contribution in [0.1, 0.15) is 40.3 Å². The highest BCUT2D eigenvalue weighted by Crippen LogP contribution is 2.40. The van der Waals surface area contributed by atoms with E-state index in [1.54, 1.807) is 0 Å². The second-order valence-electron chi connectivity index (χ2n) is 14.6. The van der Waals surface area contributed by atoms with Gasteiger partial charge in [0.05, 0.1) is 17.5 Å². The van der Waals surface area contributed by atoms with Gasteiger partial charge in [-0.1, -0.05) is 127 Å². The van der Waals surface area contributed by atoms with Crippen molar-refractivity contribution in [2.24, 2.45) is 15.9 Å². The SMILES string of the molecule is C1=CCC(C2N=C(c3ccc4c(c3)oc3c4ccc4c5ccc(C6=CC(c7ccccc7)NC(c7ccccc7)=N6)cc5oc43)C=C(c3ccccc3)N2)C=C1. The number of allylic oxidation sites excluding steroid dienone is 4. The molecule has 3 unspecified atom stereocenters. The van der Waals surface area contributed by atoms with E-state index in [0.29, 0.717) is 0 Å². The van der Waals surface area contributed by atoms with Crippen LogP contribution < -0.4 is 10.6 Å². The summed E-state index contributed by atoms with van der Waals surface area (Å²) in [6, 6.07) is 48.3. The average Bonchev–Trinajstić information content (AvgIpc) is 3.85.